The number of benzene rings is 1. The van der Waals surface area contributed by atoms with Crippen LogP contribution in [0.1, 0.15) is 30.9 Å². The minimum absolute atomic E-state index is 0.0929. The third kappa shape index (κ3) is 5.22. The van der Waals surface area contributed by atoms with Crippen molar-refractivity contribution < 1.29 is 13.2 Å². The number of carbonyl (C=O) groups is 1. The molecule has 1 aliphatic heterocycles. The largest absolute Gasteiger partial charge is 0.345 e. The van der Waals surface area contributed by atoms with Crippen molar-refractivity contribution in [2.24, 2.45) is 5.92 Å². The number of hydrogen-bond donors (Lipinski definition) is 1. The molecule has 1 aliphatic rings. The van der Waals surface area contributed by atoms with Crippen LogP contribution in [-0.2, 0) is 10.0 Å². The fourth-order valence-electron chi connectivity index (χ4n) is 4.67. The number of nitrogens with zero attached hydrogens (tertiary/aromatic N) is 5. The topological polar surface area (TPSA) is 112 Å². The van der Waals surface area contributed by atoms with E-state index < -0.39 is 10.0 Å². The van der Waals surface area contributed by atoms with E-state index in [9.17, 15) is 13.2 Å². The first-order valence-corrected chi connectivity index (χ1v) is 13.9. The molecule has 0 spiro atoms. The second-order valence-corrected chi connectivity index (χ2v) is 11.9. The average molecular weight is 539 g/mol. The summed E-state index contributed by atoms with van der Waals surface area (Å²) in [6, 6.07) is 10.2. The summed E-state index contributed by atoms with van der Waals surface area (Å²) in [6.07, 6.45) is 7.26. The number of amides is 1. The number of sulfonamides is 1. The lowest BCUT2D eigenvalue weighted by Crippen LogP contribution is -2.57. The molecule has 1 saturated heterocycles. The zero-order valence-corrected chi connectivity index (χ0v) is 22.1. The van der Waals surface area contributed by atoms with Crippen LogP contribution in [0.4, 0.5) is 0 Å². The molecule has 5 rings (SSSR count). The van der Waals surface area contributed by atoms with Crippen LogP contribution in [0.3, 0.4) is 0 Å². The van der Waals surface area contributed by atoms with Crippen molar-refractivity contribution in [3.8, 4) is 11.1 Å². The molecule has 37 heavy (non-hydrogen) atoms. The number of hydrogen-bond acceptors (Lipinski definition) is 6. The van der Waals surface area contributed by atoms with E-state index in [4.69, 9.17) is 11.6 Å². The molecule has 0 saturated carbocycles. The van der Waals surface area contributed by atoms with Gasteiger partial charge < -0.3 is 9.88 Å². The summed E-state index contributed by atoms with van der Waals surface area (Å²) in [5.74, 6) is 0.0488. The summed E-state index contributed by atoms with van der Waals surface area (Å²) in [5.41, 5.74) is 2.39. The maximum atomic E-state index is 13.5. The van der Waals surface area contributed by atoms with Crippen LogP contribution in [0.15, 0.2) is 66.2 Å². The Morgan fingerprint density at radius 2 is 1.81 bits per heavy atom. The van der Waals surface area contributed by atoms with Gasteiger partial charge in [0.2, 0.25) is 5.82 Å². The van der Waals surface area contributed by atoms with Gasteiger partial charge in [-0.15, -0.1) is 0 Å². The Morgan fingerprint density at radius 3 is 2.51 bits per heavy atom. The first-order valence-electron chi connectivity index (χ1n) is 12.0. The van der Waals surface area contributed by atoms with Gasteiger partial charge in [0.05, 0.1) is 0 Å². The third-order valence-corrected chi connectivity index (χ3v) is 8.50. The van der Waals surface area contributed by atoms with Crippen molar-refractivity contribution in [2.45, 2.75) is 31.3 Å². The Kier molecular flexibility index (Phi) is 6.98. The first-order chi connectivity index (χ1) is 17.7. The Morgan fingerprint density at radius 1 is 1.08 bits per heavy atom. The second-order valence-electron chi connectivity index (χ2n) is 9.54. The van der Waals surface area contributed by atoms with Crippen LogP contribution < -0.4 is 0 Å². The number of aromatic nitrogens is 4. The molecule has 0 bridgehead atoms. The highest BCUT2D eigenvalue weighted by atomic mass is 35.5. The Hall–Kier alpha value is -3.34. The summed E-state index contributed by atoms with van der Waals surface area (Å²) in [6.45, 7) is 4.72. The number of aromatic amines is 1. The monoisotopic (exact) mass is 538 g/mol. The summed E-state index contributed by atoms with van der Waals surface area (Å²) >= 11 is 6.07. The smallest absolute Gasteiger partial charge is 0.291 e. The van der Waals surface area contributed by atoms with Gasteiger partial charge in [0, 0.05) is 72.0 Å². The molecule has 3 aromatic heterocycles. The number of piperazine rings is 1. The quantitative estimate of drug-likeness (QED) is 0.393. The molecule has 0 aliphatic carbocycles. The Balaban J connectivity index is 1.37. The van der Waals surface area contributed by atoms with Gasteiger partial charge in [-0.2, -0.15) is 4.31 Å². The van der Waals surface area contributed by atoms with Crippen LogP contribution in [-0.4, -0.2) is 69.1 Å². The summed E-state index contributed by atoms with van der Waals surface area (Å²) in [5, 5.41) is 1.38. The SMILES string of the molecule is CC(C)C[C@@H]1CN(S(=O)(=O)c2cc3cc(Cl)ccc3[nH]2)CCN1C(=O)c1ncc(-c2ccncc2)cn1. The third-order valence-electron chi connectivity index (χ3n) is 6.48. The van der Waals surface area contributed by atoms with Crippen LogP contribution in [0.5, 0.6) is 0 Å². The van der Waals surface area contributed by atoms with E-state index in [-0.39, 0.29) is 48.4 Å². The van der Waals surface area contributed by atoms with Gasteiger partial charge in [-0.05, 0) is 54.3 Å². The van der Waals surface area contributed by atoms with E-state index in [1.54, 1.807) is 54.0 Å². The van der Waals surface area contributed by atoms with Crippen LogP contribution in [0.2, 0.25) is 5.02 Å². The summed E-state index contributed by atoms with van der Waals surface area (Å²) < 4.78 is 28.5. The van der Waals surface area contributed by atoms with E-state index in [2.05, 4.69) is 33.8 Å². The van der Waals surface area contributed by atoms with Gasteiger partial charge in [0.25, 0.3) is 15.9 Å². The van der Waals surface area contributed by atoms with Gasteiger partial charge in [0.1, 0.15) is 5.03 Å². The minimum Gasteiger partial charge on any atom is -0.345 e. The molecule has 4 aromatic rings. The van der Waals surface area contributed by atoms with Crippen molar-refractivity contribution in [3.05, 3.63) is 72.0 Å². The lowest BCUT2D eigenvalue weighted by Gasteiger charge is -2.41. The second kappa shape index (κ2) is 10.2. The van der Waals surface area contributed by atoms with Gasteiger partial charge in [0.15, 0.2) is 0 Å². The number of carbonyl (C=O) groups excluding carboxylic acids is 1. The highest BCUT2D eigenvalue weighted by molar-refractivity contribution is 7.89. The van der Waals surface area contributed by atoms with E-state index >= 15 is 0 Å². The zero-order valence-electron chi connectivity index (χ0n) is 20.5. The Bertz CT molecular complexity index is 1520. The van der Waals surface area contributed by atoms with Crippen molar-refractivity contribution in [1.29, 1.82) is 0 Å². The molecular weight excluding hydrogens is 512 g/mol. The lowest BCUT2D eigenvalue weighted by atomic mass is 10.0. The van der Waals surface area contributed by atoms with E-state index in [0.29, 0.717) is 17.0 Å². The van der Waals surface area contributed by atoms with Gasteiger partial charge >= 0.3 is 0 Å². The van der Waals surface area contributed by atoms with E-state index in [0.717, 1.165) is 16.5 Å². The number of halogens is 1. The molecular formula is C26H27ClN6O3S. The van der Waals surface area contributed by atoms with Crippen molar-refractivity contribution in [1.82, 2.24) is 29.1 Å². The summed E-state index contributed by atoms with van der Waals surface area (Å²) in [4.78, 5) is 30.8. The Labute approximate surface area is 220 Å². The zero-order chi connectivity index (χ0) is 26.2. The number of fused-ring (bicyclic) bond motifs is 1. The molecule has 0 unspecified atom stereocenters. The molecule has 0 radical (unpaired) electrons. The van der Waals surface area contributed by atoms with Crippen molar-refractivity contribution >= 4 is 38.4 Å². The molecule has 1 aromatic carbocycles. The number of pyridine rings is 1. The molecule has 1 atom stereocenters. The molecule has 192 valence electrons. The summed E-state index contributed by atoms with van der Waals surface area (Å²) in [7, 11) is -3.80. The maximum absolute atomic E-state index is 13.5. The number of rotatable bonds is 6. The molecule has 1 N–H and O–H groups in total. The number of nitrogens with one attached hydrogen (secondary N) is 1. The van der Waals surface area contributed by atoms with Crippen LogP contribution in [0, 0.1) is 5.92 Å². The lowest BCUT2D eigenvalue weighted by molar-refractivity contribution is 0.0518. The molecule has 1 fully saturated rings. The van der Waals surface area contributed by atoms with Crippen LogP contribution in [0.25, 0.3) is 22.0 Å². The predicted octanol–water partition coefficient (Wildman–Crippen LogP) is 4.23. The average Bonchev–Trinajstić information content (AvgIpc) is 3.33. The molecule has 4 heterocycles. The standard InChI is InChI=1S/C26H27ClN6O3S/c1-17(2)11-22-16-32(37(35,36)24-13-19-12-21(27)3-4-23(19)31-24)9-10-33(22)26(34)25-29-14-20(15-30-25)18-5-7-28-8-6-18/h3-8,12-15,17,22,31H,9-11,16H2,1-2H3/t22-/m1/s1. The molecule has 1 amide bonds. The maximum Gasteiger partial charge on any atom is 0.291 e. The highest BCUT2D eigenvalue weighted by Crippen LogP contribution is 2.27. The molecule has 9 nitrogen and oxygen atoms in total. The van der Waals surface area contributed by atoms with E-state index in [1.807, 2.05) is 12.1 Å². The van der Waals surface area contributed by atoms with Crippen molar-refractivity contribution in [2.75, 3.05) is 19.6 Å². The van der Waals surface area contributed by atoms with E-state index in [1.165, 1.54) is 4.31 Å². The van der Waals surface area contributed by atoms with Gasteiger partial charge in [-0.1, -0.05) is 25.4 Å². The van der Waals surface area contributed by atoms with Gasteiger partial charge in [-0.3, -0.25) is 9.78 Å². The van der Waals surface area contributed by atoms with Crippen LogP contribution >= 0.6 is 11.6 Å². The van der Waals surface area contributed by atoms with Crippen molar-refractivity contribution in [3.63, 3.8) is 0 Å². The molecule has 11 heteroatoms. The highest BCUT2D eigenvalue weighted by Gasteiger charge is 2.38. The minimum atomic E-state index is -3.80. The van der Waals surface area contributed by atoms with Gasteiger partial charge in [-0.25, -0.2) is 18.4 Å². The fourth-order valence-corrected chi connectivity index (χ4v) is 6.34. The number of H-pyrrole nitrogens is 1. The fraction of sp³-hybridized carbons (Fsp3) is 0.308. The predicted molar refractivity (Wildman–Crippen MR) is 142 cm³/mol. The normalized spacial score (nSPS) is 17.0. The first kappa shape index (κ1) is 25.3.